The van der Waals surface area contributed by atoms with E-state index in [1.165, 1.54) is 63.0 Å². The van der Waals surface area contributed by atoms with Gasteiger partial charge in [-0.3, -0.25) is 14.9 Å². The molecule has 2 rings (SSSR count). The molecule has 1 aliphatic heterocycles. The summed E-state index contributed by atoms with van der Waals surface area (Å²) in [7, 11) is 1.76. The third-order valence-corrected chi connectivity index (χ3v) is 8.50. The molecule has 1 atom stereocenters. The number of allylic oxidation sites excluding steroid dienone is 5. The third-order valence-electron chi connectivity index (χ3n) is 7.52. The zero-order chi connectivity index (χ0) is 32.9. The van der Waals surface area contributed by atoms with Crippen molar-refractivity contribution in [1.82, 2.24) is 15.5 Å². The SMILES string of the molecule is CC(=C/C(=O)O)/C=C/C=C(/C)CCCCCCCCCCCCNC(=O)N(C)CCOc1ccc(CC2SC(=O)NC2=O)cc1. The normalized spacial score (nSPS) is 15.4. The van der Waals surface area contributed by atoms with Crippen LogP contribution in [0.15, 0.2) is 59.7 Å². The second-order valence-corrected chi connectivity index (χ2v) is 12.8. The lowest BCUT2D eigenvalue weighted by molar-refractivity contribution is -0.131. The van der Waals surface area contributed by atoms with Crippen molar-refractivity contribution in [2.45, 2.75) is 96.1 Å². The fourth-order valence-corrected chi connectivity index (χ4v) is 5.69. The van der Waals surface area contributed by atoms with E-state index in [4.69, 9.17) is 9.84 Å². The molecule has 4 amide bonds. The van der Waals surface area contributed by atoms with Crippen LogP contribution in [0.2, 0.25) is 0 Å². The van der Waals surface area contributed by atoms with Gasteiger partial charge in [-0.2, -0.15) is 0 Å². The second-order valence-electron chi connectivity index (χ2n) is 11.6. The first-order valence-electron chi connectivity index (χ1n) is 16.1. The van der Waals surface area contributed by atoms with Gasteiger partial charge in [-0.05, 0) is 62.8 Å². The molecule has 0 spiro atoms. The van der Waals surface area contributed by atoms with Crippen LogP contribution in [0.3, 0.4) is 0 Å². The average Bonchev–Trinajstić information content (AvgIpc) is 3.31. The van der Waals surface area contributed by atoms with E-state index in [0.29, 0.717) is 31.9 Å². The summed E-state index contributed by atoms with van der Waals surface area (Å²) in [5.74, 6) is -0.465. The number of carbonyl (C=O) groups is 4. The Labute approximate surface area is 272 Å². The van der Waals surface area contributed by atoms with Crippen LogP contribution in [0.5, 0.6) is 5.75 Å². The highest BCUT2D eigenvalue weighted by atomic mass is 32.2. The zero-order valence-corrected chi connectivity index (χ0v) is 28.0. The number of carbonyl (C=O) groups excluding carboxylic acids is 3. The number of nitrogens with one attached hydrogen (secondary N) is 2. The van der Waals surface area contributed by atoms with Gasteiger partial charge in [0, 0.05) is 19.7 Å². The van der Waals surface area contributed by atoms with Crippen LogP contribution >= 0.6 is 11.8 Å². The molecule has 248 valence electrons. The second kappa shape index (κ2) is 22.1. The van der Waals surface area contributed by atoms with Crippen molar-refractivity contribution in [2.24, 2.45) is 0 Å². The van der Waals surface area contributed by atoms with Crippen molar-refractivity contribution in [2.75, 3.05) is 26.7 Å². The van der Waals surface area contributed by atoms with Crippen molar-refractivity contribution in [3.05, 3.63) is 65.3 Å². The van der Waals surface area contributed by atoms with Gasteiger partial charge in [0.25, 0.3) is 5.24 Å². The summed E-state index contributed by atoms with van der Waals surface area (Å²) in [5.41, 5.74) is 3.01. The number of unbranched alkanes of at least 4 members (excludes halogenated alkanes) is 9. The fraction of sp³-hybridized carbons (Fsp3) is 0.543. The first-order valence-corrected chi connectivity index (χ1v) is 17.0. The Kier molecular flexibility index (Phi) is 18.5. The van der Waals surface area contributed by atoms with Gasteiger partial charge in [-0.25, -0.2) is 9.59 Å². The monoisotopic (exact) mass is 641 g/mol. The van der Waals surface area contributed by atoms with Gasteiger partial charge in [0.05, 0.1) is 11.8 Å². The predicted octanol–water partition coefficient (Wildman–Crippen LogP) is 7.43. The fourth-order valence-electron chi connectivity index (χ4n) is 4.83. The number of aliphatic carboxylic acids is 1. The quantitative estimate of drug-likeness (QED) is 0.0683. The average molecular weight is 642 g/mol. The molecule has 1 saturated heterocycles. The number of nitrogens with zero attached hydrogens (tertiary/aromatic N) is 1. The highest BCUT2D eigenvalue weighted by Crippen LogP contribution is 2.24. The smallest absolute Gasteiger partial charge is 0.328 e. The Bertz CT molecular complexity index is 1180. The number of carboxylic acids is 1. The Morgan fingerprint density at radius 3 is 2.20 bits per heavy atom. The largest absolute Gasteiger partial charge is 0.492 e. The summed E-state index contributed by atoms with van der Waals surface area (Å²) < 4.78 is 5.76. The van der Waals surface area contributed by atoms with Crippen LogP contribution in [-0.4, -0.2) is 65.1 Å². The van der Waals surface area contributed by atoms with Gasteiger partial charge in [0.1, 0.15) is 12.4 Å². The molecular weight excluding hydrogens is 590 g/mol. The molecule has 0 radical (unpaired) electrons. The van der Waals surface area contributed by atoms with Gasteiger partial charge in [0.2, 0.25) is 5.91 Å². The molecule has 10 heteroatoms. The van der Waals surface area contributed by atoms with Gasteiger partial charge >= 0.3 is 12.0 Å². The number of thioether (sulfide) groups is 1. The van der Waals surface area contributed by atoms with E-state index in [9.17, 15) is 19.2 Å². The summed E-state index contributed by atoms with van der Waals surface area (Å²) in [4.78, 5) is 47.6. The Balaban J connectivity index is 1.40. The molecule has 0 saturated carbocycles. The van der Waals surface area contributed by atoms with E-state index in [2.05, 4.69) is 23.6 Å². The molecule has 0 bridgehead atoms. The van der Waals surface area contributed by atoms with E-state index in [-0.39, 0.29) is 22.4 Å². The highest BCUT2D eigenvalue weighted by molar-refractivity contribution is 8.15. The molecule has 1 fully saturated rings. The van der Waals surface area contributed by atoms with Gasteiger partial charge in [-0.1, -0.05) is 99.1 Å². The third kappa shape index (κ3) is 17.5. The molecule has 1 heterocycles. The molecule has 0 aromatic heterocycles. The Hall–Kier alpha value is -3.53. The summed E-state index contributed by atoms with van der Waals surface area (Å²) in [5, 5.41) is 13.3. The Morgan fingerprint density at radius 1 is 0.978 bits per heavy atom. The van der Waals surface area contributed by atoms with E-state index >= 15 is 0 Å². The van der Waals surface area contributed by atoms with Crippen LogP contribution < -0.4 is 15.4 Å². The first-order chi connectivity index (χ1) is 21.6. The number of urea groups is 1. The van der Waals surface area contributed by atoms with E-state index < -0.39 is 5.97 Å². The molecular formula is C35H51N3O6S. The molecule has 0 aliphatic carbocycles. The molecule has 45 heavy (non-hydrogen) atoms. The van der Waals surface area contributed by atoms with Crippen molar-refractivity contribution in [3.8, 4) is 5.75 Å². The molecule has 1 unspecified atom stereocenters. The minimum absolute atomic E-state index is 0.0963. The molecule has 1 aliphatic rings. The predicted molar refractivity (Wildman–Crippen MR) is 182 cm³/mol. The number of benzene rings is 1. The van der Waals surface area contributed by atoms with E-state index in [1.54, 1.807) is 18.9 Å². The summed E-state index contributed by atoms with van der Waals surface area (Å²) in [6.45, 7) is 5.43. The molecule has 1 aromatic rings. The number of amides is 4. The Morgan fingerprint density at radius 2 is 1.60 bits per heavy atom. The molecule has 9 nitrogen and oxygen atoms in total. The van der Waals surface area contributed by atoms with Crippen LogP contribution in [0.1, 0.15) is 90.0 Å². The number of rotatable bonds is 22. The summed E-state index contributed by atoms with van der Waals surface area (Å²) in [6.07, 6.45) is 20.7. The highest BCUT2D eigenvalue weighted by Gasteiger charge is 2.31. The topological polar surface area (TPSA) is 125 Å². The number of ether oxygens (including phenoxy) is 1. The van der Waals surface area contributed by atoms with Gasteiger partial charge < -0.3 is 20.1 Å². The molecule has 1 aromatic carbocycles. The molecule has 3 N–H and O–H groups in total. The summed E-state index contributed by atoms with van der Waals surface area (Å²) >= 11 is 1.02. The maximum Gasteiger partial charge on any atom is 0.328 e. The van der Waals surface area contributed by atoms with Crippen molar-refractivity contribution in [3.63, 3.8) is 0 Å². The van der Waals surface area contributed by atoms with Crippen LogP contribution in [0.25, 0.3) is 0 Å². The van der Waals surface area contributed by atoms with E-state index in [1.807, 2.05) is 36.4 Å². The number of hydrogen-bond donors (Lipinski definition) is 3. The number of carboxylic acid groups (broad SMARTS) is 1. The van der Waals surface area contributed by atoms with Crippen LogP contribution in [0.4, 0.5) is 9.59 Å². The van der Waals surface area contributed by atoms with Crippen LogP contribution in [0, 0.1) is 0 Å². The maximum atomic E-state index is 12.3. The maximum absolute atomic E-state index is 12.3. The minimum Gasteiger partial charge on any atom is -0.492 e. The number of imide groups is 1. The lowest BCUT2D eigenvalue weighted by atomic mass is 10.0. The zero-order valence-electron chi connectivity index (χ0n) is 27.1. The number of hydrogen-bond acceptors (Lipinski definition) is 6. The van der Waals surface area contributed by atoms with E-state index in [0.717, 1.165) is 42.2 Å². The minimum atomic E-state index is -0.918. The lowest BCUT2D eigenvalue weighted by Gasteiger charge is -2.18. The van der Waals surface area contributed by atoms with Crippen molar-refractivity contribution >= 4 is 34.9 Å². The van der Waals surface area contributed by atoms with Crippen molar-refractivity contribution in [1.29, 1.82) is 0 Å². The summed E-state index contributed by atoms with van der Waals surface area (Å²) in [6, 6.07) is 7.36. The van der Waals surface area contributed by atoms with Crippen molar-refractivity contribution < 1.29 is 29.0 Å². The lowest BCUT2D eigenvalue weighted by Crippen LogP contribution is -2.39. The van der Waals surface area contributed by atoms with Gasteiger partial charge in [-0.15, -0.1) is 0 Å². The first kappa shape index (κ1) is 37.7. The van der Waals surface area contributed by atoms with Gasteiger partial charge in [0.15, 0.2) is 0 Å². The van der Waals surface area contributed by atoms with Crippen LogP contribution in [-0.2, 0) is 16.0 Å². The standard InChI is InChI=1S/C35H51N3O6S/c1-27(16-14-17-28(2)25-32(39)40)15-12-10-8-6-4-5-7-9-11-13-22-36-34(42)38(3)23-24-44-30-20-18-29(19-21-30)26-31-33(41)37-35(43)45-31/h14,16-21,25,31H,4-13,15,22-24,26H2,1-3H3,(H,36,42)(H,39,40)(H,37,41,43)/b17-14+,27-16-,28-25-. The number of likely N-dealkylation sites (N-methyl/N-ethyl adjacent to an activating group) is 1.